The molecule has 0 atom stereocenters. The number of nitrogens with one attached hydrogen (secondary N) is 3. The molecule has 0 spiro atoms. The normalized spacial score (nSPS) is 23.2. The van der Waals surface area contributed by atoms with Crippen LogP contribution in [0, 0.1) is 11.3 Å². The minimum absolute atomic E-state index is 0.157. The van der Waals surface area contributed by atoms with Crippen LogP contribution in [-0.4, -0.2) is 72.2 Å². The van der Waals surface area contributed by atoms with Crippen LogP contribution in [0.1, 0.15) is 37.7 Å². The van der Waals surface area contributed by atoms with Gasteiger partial charge in [-0.15, -0.1) is 0 Å². The molecule has 1 aliphatic carbocycles. The van der Waals surface area contributed by atoms with Gasteiger partial charge < -0.3 is 10.3 Å². The Hall–Kier alpha value is -3.27. The maximum absolute atomic E-state index is 13.4. The SMILES string of the molecule is CN(C)S(=O)(=O)c1ccc(Nc2n[nH]c3c(C4(CC#N)CCC(N5CC(F)C5)CC4)c[nH]c(=O)c23)cc1. The van der Waals surface area contributed by atoms with Crippen LogP contribution in [0.5, 0.6) is 0 Å². The lowest BCUT2D eigenvalue weighted by Crippen LogP contribution is -2.55. The Morgan fingerprint density at radius 2 is 1.92 bits per heavy atom. The number of hydrogen-bond acceptors (Lipinski definition) is 7. The second-order valence-corrected chi connectivity index (χ2v) is 12.3. The van der Waals surface area contributed by atoms with Gasteiger partial charge in [0.15, 0.2) is 5.82 Å². The summed E-state index contributed by atoms with van der Waals surface area (Å²) in [6.45, 7) is 0.965. The highest BCUT2D eigenvalue weighted by atomic mass is 32.2. The minimum Gasteiger partial charge on any atom is -0.338 e. The molecule has 12 heteroatoms. The number of nitriles is 1. The molecule has 2 fully saturated rings. The van der Waals surface area contributed by atoms with Crippen LogP contribution >= 0.6 is 0 Å². The number of halogens is 1. The summed E-state index contributed by atoms with van der Waals surface area (Å²) in [5, 5.41) is 20.5. The fourth-order valence-electron chi connectivity index (χ4n) is 5.57. The summed E-state index contributed by atoms with van der Waals surface area (Å²) in [4.78, 5) is 18.0. The van der Waals surface area contributed by atoms with E-state index in [4.69, 9.17) is 0 Å². The molecule has 1 saturated carbocycles. The first kappa shape index (κ1) is 25.4. The topological polar surface area (TPSA) is 138 Å². The Labute approximate surface area is 214 Å². The van der Waals surface area contributed by atoms with Crippen molar-refractivity contribution >= 4 is 32.4 Å². The van der Waals surface area contributed by atoms with Crippen molar-refractivity contribution in [2.75, 3.05) is 32.5 Å². The fraction of sp³-hybridized carbons (Fsp3) is 0.480. The highest BCUT2D eigenvalue weighted by molar-refractivity contribution is 7.89. The quantitative estimate of drug-likeness (QED) is 0.429. The number of benzene rings is 1. The van der Waals surface area contributed by atoms with Gasteiger partial charge in [0.2, 0.25) is 10.0 Å². The largest absolute Gasteiger partial charge is 0.338 e. The van der Waals surface area contributed by atoms with Crippen molar-refractivity contribution < 1.29 is 12.8 Å². The van der Waals surface area contributed by atoms with Crippen LogP contribution in [0.3, 0.4) is 0 Å². The van der Waals surface area contributed by atoms with Crippen LogP contribution in [-0.2, 0) is 15.4 Å². The predicted octanol–water partition coefficient (Wildman–Crippen LogP) is 2.99. The number of sulfonamides is 1. The molecule has 1 aliphatic heterocycles. The number of hydrogen-bond donors (Lipinski definition) is 3. The van der Waals surface area contributed by atoms with E-state index in [1.807, 2.05) is 0 Å². The second kappa shape index (κ2) is 9.55. The van der Waals surface area contributed by atoms with Gasteiger partial charge in [-0.25, -0.2) is 17.1 Å². The van der Waals surface area contributed by atoms with Crippen LogP contribution in [0.2, 0.25) is 0 Å². The van der Waals surface area contributed by atoms with Gasteiger partial charge in [0.1, 0.15) is 11.6 Å². The maximum Gasteiger partial charge on any atom is 0.261 e. The summed E-state index contributed by atoms with van der Waals surface area (Å²) < 4.78 is 39.2. The van der Waals surface area contributed by atoms with E-state index in [0.717, 1.165) is 35.6 Å². The minimum atomic E-state index is -3.56. The van der Waals surface area contributed by atoms with E-state index in [1.165, 1.54) is 26.2 Å². The summed E-state index contributed by atoms with van der Waals surface area (Å²) in [5.41, 5.74) is 1.24. The van der Waals surface area contributed by atoms with Crippen molar-refractivity contribution in [1.29, 1.82) is 5.26 Å². The number of anilines is 2. The zero-order valence-electron chi connectivity index (χ0n) is 20.8. The second-order valence-electron chi connectivity index (χ2n) is 10.2. The molecule has 0 unspecified atom stereocenters. The van der Waals surface area contributed by atoms with Gasteiger partial charge in [0.25, 0.3) is 5.56 Å². The predicted molar refractivity (Wildman–Crippen MR) is 138 cm³/mol. The molecule has 2 aromatic heterocycles. The van der Waals surface area contributed by atoms with Gasteiger partial charge in [-0.3, -0.25) is 14.8 Å². The van der Waals surface area contributed by atoms with Crippen LogP contribution < -0.4 is 10.9 Å². The Balaban J connectivity index is 1.44. The van der Waals surface area contributed by atoms with E-state index < -0.39 is 21.6 Å². The number of likely N-dealkylation sites (tertiary alicyclic amines) is 1. The highest BCUT2D eigenvalue weighted by Crippen LogP contribution is 2.45. The molecule has 37 heavy (non-hydrogen) atoms. The third-order valence-electron chi connectivity index (χ3n) is 7.79. The first-order valence-corrected chi connectivity index (χ1v) is 13.7. The average Bonchev–Trinajstić information content (AvgIpc) is 3.27. The third kappa shape index (κ3) is 4.52. The van der Waals surface area contributed by atoms with E-state index >= 15 is 0 Å². The van der Waals surface area contributed by atoms with Crippen molar-refractivity contribution in [3.05, 3.63) is 46.4 Å². The van der Waals surface area contributed by atoms with E-state index in [9.17, 15) is 22.9 Å². The van der Waals surface area contributed by atoms with E-state index in [0.29, 0.717) is 48.0 Å². The van der Waals surface area contributed by atoms with Gasteiger partial charge >= 0.3 is 0 Å². The van der Waals surface area contributed by atoms with Crippen LogP contribution in [0.15, 0.2) is 40.2 Å². The van der Waals surface area contributed by atoms with E-state index in [2.05, 4.69) is 31.5 Å². The summed E-state index contributed by atoms with van der Waals surface area (Å²) in [6, 6.07) is 8.87. The third-order valence-corrected chi connectivity index (χ3v) is 9.62. The van der Waals surface area contributed by atoms with E-state index in [1.54, 1.807) is 18.3 Å². The molecule has 2 aliphatic rings. The van der Waals surface area contributed by atoms with Gasteiger partial charge in [-0.2, -0.15) is 10.4 Å². The molecular weight excluding hydrogens is 497 g/mol. The van der Waals surface area contributed by atoms with Crippen molar-refractivity contribution in [2.45, 2.75) is 54.6 Å². The zero-order valence-corrected chi connectivity index (χ0v) is 21.6. The van der Waals surface area contributed by atoms with Gasteiger partial charge in [0, 0.05) is 62.5 Å². The Bertz CT molecular complexity index is 1490. The first-order valence-electron chi connectivity index (χ1n) is 12.3. The van der Waals surface area contributed by atoms with Crippen molar-refractivity contribution in [3.8, 4) is 6.07 Å². The lowest BCUT2D eigenvalue weighted by molar-refractivity contribution is 0.00520. The molecule has 196 valence electrons. The number of nitrogens with zero attached hydrogens (tertiary/aromatic N) is 4. The number of aromatic amines is 2. The summed E-state index contributed by atoms with van der Waals surface area (Å²) >= 11 is 0. The molecular formula is C25H30FN7O3S. The smallest absolute Gasteiger partial charge is 0.261 e. The molecule has 3 N–H and O–H groups in total. The summed E-state index contributed by atoms with van der Waals surface area (Å²) in [6.07, 6.45) is 4.47. The molecule has 1 saturated heterocycles. The molecule has 10 nitrogen and oxygen atoms in total. The number of rotatable bonds is 7. The molecule has 3 heterocycles. The Morgan fingerprint density at radius 3 is 2.51 bits per heavy atom. The fourth-order valence-corrected chi connectivity index (χ4v) is 6.47. The van der Waals surface area contributed by atoms with Gasteiger partial charge in [0.05, 0.1) is 16.5 Å². The first-order chi connectivity index (χ1) is 17.6. The van der Waals surface area contributed by atoms with Crippen molar-refractivity contribution in [1.82, 2.24) is 24.4 Å². The van der Waals surface area contributed by atoms with Crippen LogP contribution in [0.4, 0.5) is 15.9 Å². The number of fused-ring (bicyclic) bond motifs is 1. The summed E-state index contributed by atoms with van der Waals surface area (Å²) in [5.74, 6) is 0.316. The maximum atomic E-state index is 13.4. The molecule has 3 aromatic rings. The molecule has 5 rings (SSSR count). The van der Waals surface area contributed by atoms with Crippen molar-refractivity contribution in [2.24, 2.45) is 0 Å². The number of H-pyrrole nitrogens is 2. The Kier molecular flexibility index (Phi) is 6.55. The monoisotopic (exact) mass is 527 g/mol. The van der Waals surface area contributed by atoms with Gasteiger partial charge in [-0.1, -0.05) is 0 Å². The molecule has 0 bridgehead atoms. The zero-order chi connectivity index (χ0) is 26.4. The van der Waals surface area contributed by atoms with Crippen LogP contribution in [0.25, 0.3) is 10.9 Å². The Morgan fingerprint density at radius 1 is 1.24 bits per heavy atom. The highest BCUT2D eigenvalue weighted by Gasteiger charge is 2.42. The number of alkyl halides is 1. The summed E-state index contributed by atoms with van der Waals surface area (Å²) in [7, 11) is -0.618. The standard InChI is InChI=1S/C25H30FN7O3S/c1-32(2)37(35,36)19-5-3-17(4-6-19)29-23-21-22(30-31-23)20(13-28-24(21)34)25(11-12-27)9-7-18(8-10-25)33-14-16(26)15-33/h3-6,13,16,18H,7-11,14-15H2,1-2H3,(H,28,34)(H2,29,30,31). The number of pyridine rings is 1. The van der Waals surface area contributed by atoms with E-state index in [-0.39, 0.29) is 10.5 Å². The number of aromatic nitrogens is 3. The average molecular weight is 528 g/mol. The molecule has 0 amide bonds. The molecule has 1 aromatic carbocycles. The molecule has 0 radical (unpaired) electrons. The van der Waals surface area contributed by atoms with Crippen molar-refractivity contribution in [3.63, 3.8) is 0 Å². The lowest BCUT2D eigenvalue weighted by atomic mass is 9.66. The van der Waals surface area contributed by atoms with Gasteiger partial charge in [-0.05, 0) is 49.9 Å². The lowest BCUT2D eigenvalue weighted by Gasteiger charge is -2.47.